The van der Waals surface area contributed by atoms with Crippen molar-refractivity contribution in [1.82, 2.24) is 0 Å². The molecule has 0 heterocycles. The van der Waals surface area contributed by atoms with Gasteiger partial charge in [0, 0.05) is 0 Å². The Balaban J connectivity index is -0.0000000369. The minimum atomic E-state index is 0. The molecule has 0 aromatic rings. The SMILES string of the molecule is C=C[N-]C.CC[N-]C.CC[N-]C.CC[N-]C.[Zr+4]. The zero-order valence-electron chi connectivity index (χ0n) is 12.7. The molecular formula is C12H30N4Zr. The molecule has 0 bridgehead atoms. The van der Waals surface area contributed by atoms with Gasteiger partial charge in [-0.25, -0.2) is 0 Å². The average Bonchev–Trinajstić information content (AvgIpc) is 2.39. The molecule has 0 aromatic carbocycles. The first-order chi connectivity index (χ1) is 7.66. The zero-order chi connectivity index (χ0) is 13.7. The van der Waals surface area contributed by atoms with Gasteiger partial charge in [0.1, 0.15) is 0 Å². The Morgan fingerprint density at radius 2 is 0.882 bits per heavy atom. The third-order valence-electron chi connectivity index (χ3n) is 1.13. The smallest absolute Gasteiger partial charge is 0.694 e. The van der Waals surface area contributed by atoms with E-state index in [1.165, 1.54) is 6.20 Å². The van der Waals surface area contributed by atoms with E-state index in [1.807, 2.05) is 20.8 Å². The second-order valence-corrected chi connectivity index (χ2v) is 2.34. The van der Waals surface area contributed by atoms with Crippen molar-refractivity contribution < 1.29 is 26.2 Å². The molecule has 0 aromatic heterocycles. The molecule has 0 rings (SSSR count). The molecule has 0 amide bonds. The van der Waals surface area contributed by atoms with Gasteiger partial charge in [-0.3, -0.25) is 0 Å². The molecule has 0 spiro atoms. The Kier molecular flexibility index (Phi) is 99.0. The first-order valence-corrected chi connectivity index (χ1v) is 5.53. The monoisotopic (exact) mass is 320 g/mol. The van der Waals surface area contributed by atoms with Crippen LogP contribution in [0.25, 0.3) is 21.3 Å². The van der Waals surface area contributed by atoms with Crippen molar-refractivity contribution in [2.24, 2.45) is 0 Å². The van der Waals surface area contributed by atoms with E-state index in [4.69, 9.17) is 0 Å². The van der Waals surface area contributed by atoms with E-state index in [-0.39, 0.29) is 26.2 Å². The van der Waals surface area contributed by atoms with Gasteiger partial charge in [-0.1, -0.05) is 20.8 Å². The summed E-state index contributed by atoms with van der Waals surface area (Å²) >= 11 is 0. The van der Waals surface area contributed by atoms with Crippen LogP contribution in [0.1, 0.15) is 20.8 Å². The Hall–Kier alpha value is 0.303. The van der Waals surface area contributed by atoms with E-state index in [2.05, 4.69) is 27.8 Å². The van der Waals surface area contributed by atoms with Crippen LogP contribution in [0, 0.1) is 0 Å². The molecule has 0 unspecified atom stereocenters. The fourth-order valence-electron chi connectivity index (χ4n) is 0. The molecule has 0 saturated carbocycles. The fourth-order valence-corrected chi connectivity index (χ4v) is 0. The van der Waals surface area contributed by atoms with Crippen LogP contribution in [0.2, 0.25) is 0 Å². The van der Waals surface area contributed by atoms with E-state index >= 15 is 0 Å². The van der Waals surface area contributed by atoms with Crippen molar-refractivity contribution in [2.75, 3.05) is 47.8 Å². The molecule has 0 radical (unpaired) electrons. The molecule has 4 nitrogen and oxygen atoms in total. The van der Waals surface area contributed by atoms with Gasteiger partial charge in [0.05, 0.1) is 0 Å². The van der Waals surface area contributed by atoms with Crippen molar-refractivity contribution >= 4 is 0 Å². The van der Waals surface area contributed by atoms with Crippen LogP contribution in [-0.2, 0) is 26.2 Å². The molecule has 0 N–H and O–H groups in total. The maximum absolute atomic E-state index is 3.74. The average molecular weight is 322 g/mol. The third kappa shape index (κ3) is 180. The molecule has 0 saturated heterocycles. The van der Waals surface area contributed by atoms with Gasteiger partial charge in [0.2, 0.25) is 0 Å². The van der Waals surface area contributed by atoms with Gasteiger partial charge < -0.3 is 21.3 Å². The standard InChI is InChI=1S/3C3H8N.C3H6N.Zr/c4*1-3-4-2;/h3*3H2,1-2H3;3H,1H2,2H3;/q4*-1;+4. The van der Waals surface area contributed by atoms with Crippen molar-refractivity contribution in [1.29, 1.82) is 0 Å². The first-order valence-electron chi connectivity index (χ1n) is 5.53. The summed E-state index contributed by atoms with van der Waals surface area (Å²) in [6, 6.07) is 0. The largest absolute Gasteiger partial charge is 4.00 e. The van der Waals surface area contributed by atoms with E-state index in [0.717, 1.165) is 19.6 Å². The van der Waals surface area contributed by atoms with E-state index in [9.17, 15) is 0 Å². The van der Waals surface area contributed by atoms with Gasteiger partial charge in [0.15, 0.2) is 0 Å². The van der Waals surface area contributed by atoms with Crippen molar-refractivity contribution in [3.63, 3.8) is 0 Å². The van der Waals surface area contributed by atoms with Crippen LogP contribution < -0.4 is 0 Å². The molecule has 17 heavy (non-hydrogen) atoms. The summed E-state index contributed by atoms with van der Waals surface area (Å²) in [4.78, 5) is 0. The molecular weight excluding hydrogens is 291 g/mol. The van der Waals surface area contributed by atoms with Gasteiger partial charge in [0.25, 0.3) is 0 Å². The van der Waals surface area contributed by atoms with Crippen LogP contribution >= 0.6 is 0 Å². The van der Waals surface area contributed by atoms with Crippen LogP contribution in [-0.4, -0.2) is 47.8 Å². The summed E-state index contributed by atoms with van der Waals surface area (Å²) in [6.07, 6.45) is 1.50. The predicted octanol–water partition coefficient (Wildman–Crippen LogP) is 4.16. The van der Waals surface area contributed by atoms with Gasteiger partial charge in [-0.2, -0.15) is 47.0 Å². The number of hydrogen-bond donors (Lipinski definition) is 0. The second kappa shape index (κ2) is 55.4. The summed E-state index contributed by atoms with van der Waals surface area (Å²) in [5, 5.41) is 14.7. The maximum Gasteiger partial charge on any atom is 4.00 e. The maximum atomic E-state index is 3.74. The molecule has 0 aliphatic carbocycles. The summed E-state index contributed by atoms with van der Waals surface area (Å²) in [7, 11) is 7.10. The zero-order valence-corrected chi connectivity index (χ0v) is 15.2. The fraction of sp³-hybridized carbons (Fsp3) is 0.833. The van der Waals surface area contributed by atoms with Gasteiger partial charge in [-0.15, -0.1) is 13.6 Å². The Bertz CT molecular complexity index is 67.4. The number of rotatable bonds is 4. The van der Waals surface area contributed by atoms with Crippen LogP contribution in [0.3, 0.4) is 0 Å². The van der Waals surface area contributed by atoms with Crippen molar-refractivity contribution in [2.45, 2.75) is 20.8 Å². The minimum Gasteiger partial charge on any atom is -0.694 e. The quantitative estimate of drug-likeness (QED) is 0.746. The molecule has 0 atom stereocenters. The second-order valence-electron chi connectivity index (χ2n) is 2.34. The summed E-state index contributed by atoms with van der Waals surface area (Å²) in [5.74, 6) is 0. The summed E-state index contributed by atoms with van der Waals surface area (Å²) < 4.78 is 0. The Morgan fingerprint density at radius 1 is 0.765 bits per heavy atom. The van der Waals surface area contributed by atoms with Crippen LogP contribution in [0.5, 0.6) is 0 Å². The van der Waals surface area contributed by atoms with Crippen molar-refractivity contribution in [3.8, 4) is 0 Å². The number of nitrogens with zero attached hydrogens (tertiary/aromatic N) is 4. The van der Waals surface area contributed by atoms with E-state index < -0.39 is 0 Å². The molecule has 5 heteroatoms. The first kappa shape index (κ1) is 30.4. The van der Waals surface area contributed by atoms with E-state index in [1.54, 1.807) is 28.2 Å². The normalized spacial score (nSPS) is 6.53. The predicted molar refractivity (Wildman–Crippen MR) is 79.0 cm³/mol. The Labute approximate surface area is 129 Å². The van der Waals surface area contributed by atoms with Gasteiger partial charge >= 0.3 is 26.2 Å². The molecule has 102 valence electrons. The summed E-state index contributed by atoms with van der Waals surface area (Å²) in [5.41, 5.74) is 0. The van der Waals surface area contributed by atoms with E-state index in [0.29, 0.717) is 0 Å². The van der Waals surface area contributed by atoms with Gasteiger partial charge in [-0.05, 0) is 0 Å². The molecule has 0 fully saturated rings. The summed E-state index contributed by atoms with van der Waals surface area (Å²) in [6.45, 7) is 12.2. The third-order valence-corrected chi connectivity index (χ3v) is 1.13. The number of hydrogen-bond acceptors (Lipinski definition) is 0. The molecule has 0 aliphatic heterocycles. The topological polar surface area (TPSA) is 56.4 Å². The van der Waals surface area contributed by atoms with Crippen LogP contribution in [0.15, 0.2) is 12.8 Å². The van der Waals surface area contributed by atoms with Crippen molar-refractivity contribution in [3.05, 3.63) is 34.0 Å². The minimum absolute atomic E-state index is 0. The molecule has 0 aliphatic rings. The Morgan fingerprint density at radius 3 is 0.882 bits per heavy atom. The van der Waals surface area contributed by atoms with Crippen LogP contribution in [0.4, 0.5) is 0 Å².